The second-order valence-corrected chi connectivity index (χ2v) is 11.1. The topological polar surface area (TPSA) is 122 Å². The minimum atomic E-state index is -0.684. The summed E-state index contributed by atoms with van der Waals surface area (Å²) in [7, 11) is 0. The average molecular weight is 614 g/mol. The number of rotatable bonds is 10. The molecule has 0 bridgehead atoms. The molecule has 5 rings (SSSR count). The molecule has 0 N–H and O–H groups in total. The van der Waals surface area contributed by atoms with Crippen molar-refractivity contribution in [2.75, 3.05) is 13.2 Å². The van der Waals surface area contributed by atoms with Crippen LogP contribution >= 0.6 is 11.3 Å². The molecule has 1 atom stereocenters. The first-order chi connectivity index (χ1) is 21.2. The molecule has 44 heavy (non-hydrogen) atoms. The number of carbonyl (C=O) groups excluding carboxylic acids is 1. The average Bonchev–Trinajstić information content (AvgIpc) is 3.30. The molecule has 226 valence electrons. The normalized spacial score (nSPS) is 14.5. The Kier molecular flexibility index (Phi) is 9.05. The van der Waals surface area contributed by atoms with Crippen molar-refractivity contribution in [2.24, 2.45) is 4.99 Å². The van der Waals surface area contributed by atoms with Gasteiger partial charge in [0.25, 0.3) is 11.2 Å². The van der Waals surface area contributed by atoms with Gasteiger partial charge in [-0.05, 0) is 62.6 Å². The van der Waals surface area contributed by atoms with Crippen LogP contribution in [0.3, 0.4) is 0 Å². The van der Waals surface area contributed by atoms with Crippen LogP contribution in [0.15, 0.2) is 87.8 Å². The van der Waals surface area contributed by atoms with Crippen molar-refractivity contribution in [1.82, 2.24) is 4.57 Å². The first-order valence-electron chi connectivity index (χ1n) is 14.1. The first kappa shape index (κ1) is 30.4. The lowest BCUT2D eigenvalue weighted by molar-refractivity contribution is -0.384. The Labute approximate surface area is 257 Å². The Morgan fingerprint density at radius 3 is 2.50 bits per heavy atom. The summed E-state index contributed by atoms with van der Waals surface area (Å²) in [6, 6.07) is 18.6. The Hall–Kier alpha value is -5.03. The lowest BCUT2D eigenvalue weighted by atomic mass is 9.95. The third-order valence-corrected chi connectivity index (χ3v) is 7.97. The number of non-ortho nitro benzene ring substituents is 1. The van der Waals surface area contributed by atoms with Gasteiger partial charge in [-0.1, -0.05) is 59.4 Å². The number of aromatic nitrogens is 1. The van der Waals surface area contributed by atoms with Gasteiger partial charge in [0, 0.05) is 12.1 Å². The van der Waals surface area contributed by atoms with Gasteiger partial charge in [0.05, 0.1) is 40.0 Å². The number of nitro benzene ring substituents is 1. The van der Waals surface area contributed by atoms with E-state index < -0.39 is 16.9 Å². The lowest BCUT2D eigenvalue weighted by Gasteiger charge is -2.24. The van der Waals surface area contributed by atoms with E-state index in [1.54, 1.807) is 54.8 Å². The Morgan fingerprint density at radius 1 is 1.02 bits per heavy atom. The third kappa shape index (κ3) is 6.32. The number of thiazole rings is 1. The molecule has 0 fully saturated rings. The number of nitro groups is 1. The molecule has 0 unspecified atom stereocenters. The van der Waals surface area contributed by atoms with E-state index in [9.17, 15) is 19.7 Å². The summed E-state index contributed by atoms with van der Waals surface area (Å²) in [5, 5.41) is 11.1. The number of aryl methyl sites for hydroxylation is 1. The van der Waals surface area contributed by atoms with Gasteiger partial charge in [-0.2, -0.15) is 0 Å². The maximum atomic E-state index is 13.9. The number of allylic oxidation sites excluding steroid dienone is 1. The molecule has 10 nitrogen and oxygen atoms in total. The summed E-state index contributed by atoms with van der Waals surface area (Å²) in [4.78, 5) is 42.8. The van der Waals surface area contributed by atoms with Crippen LogP contribution in [0.2, 0.25) is 0 Å². The molecule has 1 aliphatic rings. The van der Waals surface area contributed by atoms with Gasteiger partial charge in [0.15, 0.2) is 16.3 Å². The van der Waals surface area contributed by atoms with Crippen LogP contribution < -0.4 is 24.4 Å². The fourth-order valence-electron chi connectivity index (χ4n) is 4.93. The van der Waals surface area contributed by atoms with Gasteiger partial charge >= 0.3 is 5.97 Å². The van der Waals surface area contributed by atoms with Crippen LogP contribution in [-0.2, 0) is 16.1 Å². The predicted molar refractivity (Wildman–Crippen MR) is 167 cm³/mol. The predicted octanol–water partition coefficient (Wildman–Crippen LogP) is 4.99. The molecular formula is C33H31N3O7S. The highest BCUT2D eigenvalue weighted by Crippen LogP contribution is 2.32. The smallest absolute Gasteiger partial charge is 0.338 e. The van der Waals surface area contributed by atoms with Gasteiger partial charge in [-0.25, -0.2) is 9.79 Å². The number of nitrogens with zero attached hydrogens (tertiary/aromatic N) is 3. The number of esters is 1. The summed E-state index contributed by atoms with van der Waals surface area (Å²) in [5.41, 5.74) is 3.73. The molecule has 0 radical (unpaired) electrons. The first-order valence-corrected chi connectivity index (χ1v) is 14.9. The van der Waals surface area contributed by atoms with Crippen LogP contribution in [0.25, 0.3) is 6.08 Å². The third-order valence-electron chi connectivity index (χ3n) is 6.99. The minimum absolute atomic E-state index is 0.0119. The maximum absolute atomic E-state index is 13.9. The summed E-state index contributed by atoms with van der Waals surface area (Å²) in [5.74, 6) is 0.430. The molecule has 0 saturated carbocycles. The number of fused-ring (bicyclic) bond motifs is 1. The SMILES string of the molecule is CCOC(=O)C1=C(C)N=c2s/c(=C/c3ccc(OCc4cccc([N+](=O)[O-])c4)c(OCC)c3)c(=O)n2[C@@H]1c1ccc(C)cc1. The van der Waals surface area contributed by atoms with Gasteiger partial charge in [0.2, 0.25) is 0 Å². The van der Waals surface area contributed by atoms with Crippen molar-refractivity contribution in [1.29, 1.82) is 0 Å². The van der Waals surface area contributed by atoms with Crippen molar-refractivity contribution in [3.05, 3.63) is 130 Å². The summed E-state index contributed by atoms with van der Waals surface area (Å²) in [6.45, 7) is 8.02. The van der Waals surface area contributed by atoms with Crippen LogP contribution in [-0.4, -0.2) is 28.7 Å². The van der Waals surface area contributed by atoms with E-state index in [-0.39, 0.29) is 24.5 Å². The number of hydrogen-bond acceptors (Lipinski definition) is 9. The quantitative estimate of drug-likeness (QED) is 0.140. The molecule has 4 aromatic rings. The van der Waals surface area contributed by atoms with Crippen molar-refractivity contribution in [3.63, 3.8) is 0 Å². The van der Waals surface area contributed by atoms with Crippen LogP contribution in [0, 0.1) is 17.0 Å². The van der Waals surface area contributed by atoms with E-state index in [1.807, 2.05) is 38.1 Å². The molecule has 0 saturated heterocycles. The van der Waals surface area contributed by atoms with Crippen LogP contribution in [0.4, 0.5) is 5.69 Å². The summed E-state index contributed by atoms with van der Waals surface area (Å²) < 4.78 is 19.1. The fraction of sp³-hybridized carbons (Fsp3) is 0.242. The van der Waals surface area contributed by atoms with E-state index in [1.165, 1.54) is 23.5 Å². The highest BCUT2D eigenvalue weighted by atomic mass is 32.1. The van der Waals surface area contributed by atoms with E-state index in [0.717, 1.165) is 11.1 Å². The molecule has 0 aliphatic carbocycles. The fourth-order valence-corrected chi connectivity index (χ4v) is 5.98. The minimum Gasteiger partial charge on any atom is -0.490 e. The van der Waals surface area contributed by atoms with Gasteiger partial charge in [-0.3, -0.25) is 19.5 Å². The van der Waals surface area contributed by atoms with E-state index in [0.29, 0.717) is 49.8 Å². The zero-order valence-corrected chi connectivity index (χ0v) is 25.6. The zero-order chi connectivity index (χ0) is 31.4. The van der Waals surface area contributed by atoms with Crippen LogP contribution in [0.1, 0.15) is 49.1 Å². The second kappa shape index (κ2) is 13.1. The molecule has 3 aromatic carbocycles. The van der Waals surface area contributed by atoms with Crippen molar-refractivity contribution in [2.45, 2.75) is 40.3 Å². The van der Waals surface area contributed by atoms with E-state index in [2.05, 4.69) is 4.99 Å². The van der Waals surface area contributed by atoms with Crippen molar-refractivity contribution < 1.29 is 23.9 Å². The largest absolute Gasteiger partial charge is 0.490 e. The highest BCUT2D eigenvalue weighted by Gasteiger charge is 2.33. The van der Waals surface area contributed by atoms with E-state index in [4.69, 9.17) is 14.2 Å². The zero-order valence-electron chi connectivity index (χ0n) is 24.7. The molecule has 1 aliphatic heterocycles. The maximum Gasteiger partial charge on any atom is 0.338 e. The van der Waals surface area contributed by atoms with Gasteiger partial charge in [-0.15, -0.1) is 0 Å². The Bertz CT molecular complexity index is 1940. The van der Waals surface area contributed by atoms with Gasteiger partial charge in [0.1, 0.15) is 6.61 Å². The molecule has 1 aromatic heterocycles. The second-order valence-electron chi connectivity index (χ2n) is 10.1. The highest BCUT2D eigenvalue weighted by molar-refractivity contribution is 7.07. The molecule has 2 heterocycles. The number of hydrogen-bond donors (Lipinski definition) is 0. The van der Waals surface area contributed by atoms with Crippen LogP contribution in [0.5, 0.6) is 11.5 Å². The monoisotopic (exact) mass is 613 g/mol. The van der Waals surface area contributed by atoms with Crippen molar-refractivity contribution >= 4 is 29.1 Å². The number of carbonyl (C=O) groups is 1. The molecule has 0 amide bonds. The van der Waals surface area contributed by atoms with Crippen molar-refractivity contribution in [3.8, 4) is 11.5 Å². The summed E-state index contributed by atoms with van der Waals surface area (Å²) in [6.07, 6.45) is 1.76. The lowest BCUT2D eigenvalue weighted by Crippen LogP contribution is -2.39. The number of ether oxygens (including phenoxy) is 3. The molecule has 0 spiro atoms. The molecular weight excluding hydrogens is 582 g/mol. The standard InChI is InChI=1S/C33H31N3O7S/c1-5-41-27-17-22(12-15-26(27)43-19-23-8-7-9-25(16-23)36(39)40)18-28-31(37)35-30(24-13-10-20(3)11-14-24)29(32(38)42-6-2)21(4)34-33(35)44-28/h7-18,30H,5-6,19H2,1-4H3/b28-18+/t30-/m1/s1. The Balaban J connectivity index is 1.53. The Morgan fingerprint density at radius 2 is 1.80 bits per heavy atom. The molecule has 11 heteroatoms. The summed E-state index contributed by atoms with van der Waals surface area (Å²) >= 11 is 1.24. The van der Waals surface area contributed by atoms with Gasteiger partial charge < -0.3 is 14.2 Å². The van der Waals surface area contributed by atoms with E-state index >= 15 is 0 Å². The number of benzene rings is 3.